The summed E-state index contributed by atoms with van der Waals surface area (Å²) in [6, 6.07) is 25.3. The Kier molecular flexibility index (Phi) is 6.13. The zero-order valence-electron chi connectivity index (χ0n) is 16.5. The number of carbonyl (C=O) groups excluding carboxylic acids is 1. The quantitative estimate of drug-likeness (QED) is 0.364. The Morgan fingerprint density at radius 3 is 2.42 bits per heavy atom. The van der Waals surface area contributed by atoms with Crippen LogP contribution in [-0.2, 0) is 4.79 Å². The second kappa shape index (κ2) is 9.49. The molecule has 1 amide bonds. The SMILES string of the molecule is O=C(COc1ccccc1F)N/N=C/c1cn(-c2ccccc2)nc1-c1ccccc1. The van der Waals surface area contributed by atoms with Gasteiger partial charge in [-0.3, -0.25) is 4.79 Å². The smallest absolute Gasteiger partial charge is 0.277 e. The van der Waals surface area contributed by atoms with E-state index in [1.54, 1.807) is 16.8 Å². The number of benzene rings is 3. The third-order valence-electron chi connectivity index (χ3n) is 4.40. The van der Waals surface area contributed by atoms with E-state index < -0.39 is 11.7 Å². The summed E-state index contributed by atoms with van der Waals surface area (Å²) in [6.07, 6.45) is 3.36. The van der Waals surface area contributed by atoms with Gasteiger partial charge in [0.15, 0.2) is 18.2 Å². The molecule has 4 aromatic rings. The molecule has 0 unspecified atom stereocenters. The molecule has 1 heterocycles. The lowest BCUT2D eigenvalue weighted by molar-refractivity contribution is -0.123. The van der Waals surface area contributed by atoms with Crippen LogP contribution in [0.3, 0.4) is 0 Å². The number of amides is 1. The summed E-state index contributed by atoms with van der Waals surface area (Å²) in [6.45, 7) is -0.354. The van der Waals surface area contributed by atoms with E-state index in [1.807, 2.05) is 66.9 Å². The molecule has 0 radical (unpaired) electrons. The van der Waals surface area contributed by atoms with E-state index in [2.05, 4.69) is 15.6 Å². The Morgan fingerprint density at radius 2 is 1.68 bits per heavy atom. The number of ether oxygens (including phenoxy) is 1. The average molecular weight is 414 g/mol. The fraction of sp³-hybridized carbons (Fsp3) is 0.0417. The zero-order chi connectivity index (χ0) is 21.5. The Morgan fingerprint density at radius 1 is 1.00 bits per heavy atom. The van der Waals surface area contributed by atoms with E-state index in [-0.39, 0.29) is 12.4 Å². The van der Waals surface area contributed by atoms with Crippen molar-refractivity contribution in [1.29, 1.82) is 0 Å². The fourth-order valence-electron chi connectivity index (χ4n) is 2.93. The van der Waals surface area contributed by atoms with E-state index in [0.717, 1.165) is 22.5 Å². The predicted octanol–water partition coefficient (Wildman–Crippen LogP) is 4.21. The van der Waals surface area contributed by atoms with E-state index in [0.29, 0.717) is 0 Å². The first-order valence-electron chi connectivity index (χ1n) is 9.60. The Bertz CT molecular complexity index is 1190. The van der Waals surface area contributed by atoms with Crippen molar-refractivity contribution < 1.29 is 13.9 Å². The Balaban J connectivity index is 1.49. The molecule has 6 nitrogen and oxygen atoms in total. The van der Waals surface area contributed by atoms with Gasteiger partial charge in [-0.05, 0) is 24.3 Å². The van der Waals surface area contributed by atoms with Crippen LogP contribution in [0.25, 0.3) is 16.9 Å². The topological polar surface area (TPSA) is 68.5 Å². The van der Waals surface area contributed by atoms with Crippen molar-refractivity contribution in [3.8, 4) is 22.7 Å². The normalized spacial score (nSPS) is 10.9. The van der Waals surface area contributed by atoms with Gasteiger partial charge in [-0.15, -0.1) is 0 Å². The molecule has 1 N–H and O–H groups in total. The van der Waals surface area contributed by atoms with Gasteiger partial charge in [-0.25, -0.2) is 14.5 Å². The molecule has 31 heavy (non-hydrogen) atoms. The maximum Gasteiger partial charge on any atom is 0.277 e. The van der Waals surface area contributed by atoms with Gasteiger partial charge in [0.1, 0.15) is 5.69 Å². The van der Waals surface area contributed by atoms with E-state index >= 15 is 0 Å². The van der Waals surface area contributed by atoms with Crippen LogP contribution in [-0.4, -0.2) is 28.5 Å². The highest BCUT2D eigenvalue weighted by Gasteiger charge is 2.11. The molecule has 0 saturated carbocycles. The second-order valence-corrected chi connectivity index (χ2v) is 6.59. The van der Waals surface area contributed by atoms with Crippen LogP contribution < -0.4 is 10.2 Å². The summed E-state index contributed by atoms with van der Waals surface area (Å²) in [5.41, 5.74) is 5.68. The molecule has 0 saturated heterocycles. The number of nitrogens with zero attached hydrogens (tertiary/aromatic N) is 3. The second-order valence-electron chi connectivity index (χ2n) is 6.59. The number of halogens is 1. The number of rotatable bonds is 7. The van der Waals surface area contributed by atoms with E-state index in [9.17, 15) is 9.18 Å². The van der Waals surface area contributed by atoms with Crippen molar-refractivity contribution in [2.45, 2.75) is 0 Å². The van der Waals surface area contributed by atoms with Crippen LogP contribution in [0.1, 0.15) is 5.56 Å². The van der Waals surface area contributed by atoms with Crippen molar-refractivity contribution in [3.05, 3.63) is 103 Å². The summed E-state index contributed by atoms with van der Waals surface area (Å²) >= 11 is 0. The lowest BCUT2D eigenvalue weighted by Gasteiger charge is -2.05. The minimum absolute atomic E-state index is 0.0112. The van der Waals surface area contributed by atoms with Gasteiger partial charge in [0.2, 0.25) is 0 Å². The highest BCUT2D eigenvalue weighted by atomic mass is 19.1. The van der Waals surface area contributed by atoms with Gasteiger partial charge >= 0.3 is 0 Å². The van der Waals surface area contributed by atoms with Gasteiger partial charge in [0.25, 0.3) is 5.91 Å². The zero-order valence-corrected chi connectivity index (χ0v) is 16.5. The number of hydrogen-bond acceptors (Lipinski definition) is 4. The first-order valence-corrected chi connectivity index (χ1v) is 9.60. The van der Waals surface area contributed by atoms with Gasteiger partial charge in [0, 0.05) is 17.3 Å². The molecule has 154 valence electrons. The number of hydrazone groups is 1. The maximum atomic E-state index is 13.6. The predicted molar refractivity (Wildman–Crippen MR) is 117 cm³/mol. The first kappa shape index (κ1) is 20.0. The summed E-state index contributed by atoms with van der Waals surface area (Å²) in [7, 11) is 0. The number of para-hydroxylation sites is 2. The summed E-state index contributed by atoms with van der Waals surface area (Å²) in [4.78, 5) is 12.0. The molecule has 0 spiro atoms. The highest BCUT2D eigenvalue weighted by molar-refractivity contribution is 5.89. The highest BCUT2D eigenvalue weighted by Crippen LogP contribution is 2.22. The fourth-order valence-corrected chi connectivity index (χ4v) is 2.93. The van der Waals surface area contributed by atoms with Crippen LogP contribution in [0.5, 0.6) is 5.75 Å². The molecule has 0 fully saturated rings. The molecule has 7 heteroatoms. The van der Waals surface area contributed by atoms with Crippen molar-refractivity contribution in [3.63, 3.8) is 0 Å². The molecule has 1 aromatic heterocycles. The Hall–Kier alpha value is -4.26. The summed E-state index contributed by atoms with van der Waals surface area (Å²) < 4.78 is 20.5. The Labute approximate surface area is 178 Å². The molecule has 0 aliphatic rings. The third kappa shape index (κ3) is 5.02. The molecule has 4 rings (SSSR count). The van der Waals surface area contributed by atoms with Crippen molar-refractivity contribution in [2.75, 3.05) is 6.61 Å². The van der Waals surface area contributed by atoms with Crippen LogP contribution in [0.2, 0.25) is 0 Å². The number of aromatic nitrogens is 2. The van der Waals surface area contributed by atoms with Gasteiger partial charge in [-0.1, -0.05) is 60.7 Å². The van der Waals surface area contributed by atoms with Gasteiger partial charge in [0.05, 0.1) is 11.9 Å². The molecular formula is C24H19FN4O2. The molecule has 0 aliphatic heterocycles. The standard InChI is InChI=1S/C24H19FN4O2/c25-21-13-7-8-14-22(21)31-17-23(30)27-26-15-19-16-29(20-11-5-2-6-12-20)28-24(19)18-9-3-1-4-10-18/h1-16H,17H2,(H,27,30)/b26-15+. The van der Waals surface area contributed by atoms with Crippen molar-refractivity contribution in [1.82, 2.24) is 15.2 Å². The minimum Gasteiger partial charge on any atom is -0.481 e. The first-order chi connectivity index (χ1) is 15.2. The minimum atomic E-state index is -0.528. The molecule has 0 bridgehead atoms. The molecule has 3 aromatic carbocycles. The number of nitrogens with one attached hydrogen (secondary N) is 1. The van der Waals surface area contributed by atoms with Crippen LogP contribution >= 0.6 is 0 Å². The van der Waals surface area contributed by atoms with Crippen LogP contribution in [0, 0.1) is 5.82 Å². The molecule has 0 atom stereocenters. The van der Waals surface area contributed by atoms with Crippen molar-refractivity contribution >= 4 is 12.1 Å². The maximum absolute atomic E-state index is 13.6. The lowest BCUT2D eigenvalue weighted by Crippen LogP contribution is -2.24. The largest absolute Gasteiger partial charge is 0.481 e. The van der Waals surface area contributed by atoms with Crippen LogP contribution in [0.15, 0.2) is 96.2 Å². The number of carbonyl (C=O) groups is 1. The van der Waals surface area contributed by atoms with Crippen molar-refractivity contribution in [2.24, 2.45) is 5.10 Å². The van der Waals surface area contributed by atoms with E-state index in [1.165, 1.54) is 18.3 Å². The molecular weight excluding hydrogens is 395 g/mol. The number of hydrogen-bond donors (Lipinski definition) is 1. The van der Waals surface area contributed by atoms with Crippen LogP contribution in [0.4, 0.5) is 4.39 Å². The summed E-state index contributed by atoms with van der Waals surface area (Å²) in [5.74, 6) is -1.02. The summed E-state index contributed by atoms with van der Waals surface area (Å²) in [5, 5.41) is 8.70. The van der Waals surface area contributed by atoms with E-state index in [4.69, 9.17) is 4.74 Å². The average Bonchev–Trinajstić information content (AvgIpc) is 3.24. The lowest BCUT2D eigenvalue weighted by atomic mass is 10.1. The monoisotopic (exact) mass is 414 g/mol. The van der Waals surface area contributed by atoms with Gasteiger partial charge < -0.3 is 4.74 Å². The molecule has 0 aliphatic carbocycles. The van der Waals surface area contributed by atoms with Gasteiger partial charge in [-0.2, -0.15) is 10.2 Å². The third-order valence-corrected chi connectivity index (χ3v) is 4.40.